The molecule has 0 spiro atoms. The average Bonchev–Trinajstić information content (AvgIpc) is 3.71. The quantitative estimate of drug-likeness (QED) is 0.194. The Morgan fingerprint density at radius 2 is 1.06 bits per heavy atom. The molecule has 4 nitrogen and oxygen atoms in total. The lowest BCUT2D eigenvalue weighted by Gasteiger charge is -2.12. The lowest BCUT2D eigenvalue weighted by Crippen LogP contribution is -2.06. The van der Waals surface area contributed by atoms with Crippen molar-refractivity contribution in [3.05, 3.63) is 158 Å². The van der Waals surface area contributed by atoms with Gasteiger partial charge in [0.1, 0.15) is 0 Å². The van der Waals surface area contributed by atoms with Crippen molar-refractivity contribution in [3.63, 3.8) is 0 Å². The fourth-order valence-electron chi connectivity index (χ4n) is 7.07. The Bertz CT molecular complexity index is 2830. The molecule has 0 N–H and O–H groups in total. The van der Waals surface area contributed by atoms with Crippen LogP contribution in [0.25, 0.3) is 92.6 Å². The second-order valence-electron chi connectivity index (χ2n) is 12.0. The van der Waals surface area contributed by atoms with Crippen LogP contribution in [0.3, 0.4) is 0 Å². The van der Waals surface area contributed by atoms with Crippen LogP contribution in [0, 0.1) is 0 Å². The summed E-state index contributed by atoms with van der Waals surface area (Å²) in [6, 6.07) is 55.5. The molecule has 3 aromatic heterocycles. The molecule has 7 aromatic carbocycles. The molecule has 48 heavy (non-hydrogen) atoms. The Morgan fingerprint density at radius 3 is 1.94 bits per heavy atom. The first-order valence-corrected chi connectivity index (χ1v) is 16.9. The first-order valence-electron chi connectivity index (χ1n) is 16.0. The summed E-state index contributed by atoms with van der Waals surface area (Å²) in [6.45, 7) is 0. The van der Waals surface area contributed by atoms with Gasteiger partial charge in [-0.1, -0.05) is 133 Å². The maximum Gasteiger partial charge on any atom is 0.238 e. The SMILES string of the molecule is c1ccc(-c2ccc(-c3nc(-c4cccc5sc6ccccc6c45)nc(-n4c5ccccc5c5c6ccccc6ccc54)n3)cc2)cc1. The summed E-state index contributed by atoms with van der Waals surface area (Å²) in [5.74, 6) is 1.89. The van der Waals surface area contributed by atoms with Crippen LogP contribution in [0.5, 0.6) is 0 Å². The van der Waals surface area contributed by atoms with Gasteiger partial charge in [-0.3, -0.25) is 4.57 Å². The molecular formula is C43H26N4S. The number of benzene rings is 7. The van der Waals surface area contributed by atoms with E-state index in [1.807, 2.05) is 6.07 Å². The Balaban J connectivity index is 1.27. The number of hydrogen-bond acceptors (Lipinski definition) is 4. The molecule has 0 saturated carbocycles. The first kappa shape index (κ1) is 27.0. The van der Waals surface area contributed by atoms with E-state index in [2.05, 4.69) is 156 Å². The van der Waals surface area contributed by atoms with Crippen molar-refractivity contribution in [1.29, 1.82) is 0 Å². The number of aromatic nitrogens is 4. The average molecular weight is 631 g/mol. The van der Waals surface area contributed by atoms with E-state index in [0.29, 0.717) is 17.6 Å². The van der Waals surface area contributed by atoms with Crippen molar-refractivity contribution in [2.75, 3.05) is 0 Å². The van der Waals surface area contributed by atoms with Crippen molar-refractivity contribution >= 4 is 64.1 Å². The van der Waals surface area contributed by atoms with Gasteiger partial charge in [0.25, 0.3) is 0 Å². The van der Waals surface area contributed by atoms with Gasteiger partial charge in [-0.15, -0.1) is 11.3 Å². The minimum absolute atomic E-state index is 0.597. The highest BCUT2D eigenvalue weighted by atomic mass is 32.1. The van der Waals surface area contributed by atoms with Crippen molar-refractivity contribution in [2.24, 2.45) is 0 Å². The molecule has 0 aliphatic heterocycles. The second kappa shape index (κ2) is 10.7. The van der Waals surface area contributed by atoms with Crippen LogP contribution < -0.4 is 0 Å². The Kier molecular flexibility index (Phi) is 6.01. The van der Waals surface area contributed by atoms with Gasteiger partial charge in [-0.25, -0.2) is 4.98 Å². The molecule has 224 valence electrons. The molecule has 0 fully saturated rings. The first-order chi connectivity index (χ1) is 23.8. The summed E-state index contributed by atoms with van der Waals surface area (Å²) in [7, 11) is 0. The van der Waals surface area contributed by atoms with Crippen molar-refractivity contribution in [3.8, 4) is 39.9 Å². The second-order valence-corrected chi connectivity index (χ2v) is 13.1. The Morgan fingerprint density at radius 1 is 0.396 bits per heavy atom. The fraction of sp³-hybridized carbons (Fsp3) is 0. The minimum atomic E-state index is 0.597. The predicted octanol–water partition coefficient (Wildman–Crippen LogP) is 11.5. The van der Waals surface area contributed by atoms with Crippen LogP contribution in [0.2, 0.25) is 0 Å². The van der Waals surface area contributed by atoms with E-state index in [-0.39, 0.29) is 0 Å². The molecule has 0 atom stereocenters. The summed E-state index contributed by atoms with van der Waals surface area (Å²) in [5.41, 5.74) is 6.39. The summed E-state index contributed by atoms with van der Waals surface area (Å²) in [6.07, 6.45) is 0. The van der Waals surface area contributed by atoms with Gasteiger partial charge in [-0.05, 0) is 46.2 Å². The van der Waals surface area contributed by atoms with Gasteiger partial charge < -0.3 is 0 Å². The van der Waals surface area contributed by atoms with Crippen molar-refractivity contribution in [2.45, 2.75) is 0 Å². The monoisotopic (exact) mass is 630 g/mol. The Hall–Kier alpha value is -6.17. The molecule has 5 heteroatoms. The standard InChI is InChI=1S/C43H26N4S/c1-2-11-27(12-3-1)28-21-23-30(24-22-28)41-44-42(34-17-10-20-38-40(34)33-16-7-9-19-37(33)48-38)46-43(45-41)47-35-18-8-6-15-32(35)39-31-14-5-4-13-29(31)25-26-36(39)47/h1-26H. The number of thiophene rings is 1. The Labute approximate surface area is 280 Å². The number of rotatable bonds is 4. The highest BCUT2D eigenvalue weighted by Crippen LogP contribution is 2.41. The molecular weight excluding hydrogens is 605 g/mol. The lowest BCUT2D eigenvalue weighted by molar-refractivity contribution is 0.954. The van der Waals surface area contributed by atoms with E-state index < -0.39 is 0 Å². The molecule has 0 radical (unpaired) electrons. The van der Waals surface area contributed by atoms with Crippen LogP contribution in [0.4, 0.5) is 0 Å². The molecule has 0 unspecified atom stereocenters. The molecule has 0 bridgehead atoms. The van der Waals surface area contributed by atoms with Gasteiger partial charge in [0.05, 0.1) is 11.0 Å². The number of fused-ring (bicyclic) bond motifs is 8. The number of hydrogen-bond donors (Lipinski definition) is 0. The molecule has 0 amide bonds. The van der Waals surface area contributed by atoms with Crippen LogP contribution in [0.1, 0.15) is 0 Å². The van der Waals surface area contributed by atoms with E-state index >= 15 is 0 Å². The van der Waals surface area contributed by atoms with Crippen LogP contribution in [-0.2, 0) is 0 Å². The summed E-state index contributed by atoms with van der Waals surface area (Å²) >= 11 is 1.80. The fourth-order valence-corrected chi connectivity index (χ4v) is 8.20. The third kappa shape index (κ3) is 4.18. The summed E-state index contributed by atoms with van der Waals surface area (Å²) in [4.78, 5) is 15.7. The highest BCUT2D eigenvalue weighted by Gasteiger charge is 2.20. The van der Waals surface area contributed by atoms with Crippen LogP contribution in [-0.4, -0.2) is 19.5 Å². The lowest BCUT2D eigenvalue weighted by atomic mass is 10.0. The predicted molar refractivity (Wildman–Crippen MR) is 201 cm³/mol. The van der Waals surface area contributed by atoms with Crippen molar-refractivity contribution < 1.29 is 0 Å². The molecule has 10 aromatic rings. The number of nitrogens with zero attached hydrogens (tertiary/aromatic N) is 4. The zero-order valence-electron chi connectivity index (χ0n) is 25.7. The molecule has 3 heterocycles. The van der Waals surface area contributed by atoms with Gasteiger partial charge in [0, 0.05) is 42.1 Å². The van der Waals surface area contributed by atoms with Gasteiger partial charge in [-0.2, -0.15) is 9.97 Å². The van der Waals surface area contributed by atoms with E-state index in [0.717, 1.165) is 27.7 Å². The summed E-state index contributed by atoms with van der Waals surface area (Å²) < 4.78 is 4.67. The third-order valence-electron chi connectivity index (χ3n) is 9.28. The molecule has 0 aliphatic carbocycles. The summed E-state index contributed by atoms with van der Waals surface area (Å²) in [5, 5.41) is 7.18. The number of para-hydroxylation sites is 1. The van der Waals surface area contributed by atoms with Gasteiger partial charge in [0.15, 0.2) is 11.6 Å². The van der Waals surface area contributed by atoms with Crippen LogP contribution >= 0.6 is 11.3 Å². The third-order valence-corrected chi connectivity index (χ3v) is 10.4. The molecule has 10 rings (SSSR count). The maximum absolute atomic E-state index is 5.30. The van der Waals surface area contributed by atoms with E-state index in [1.165, 1.54) is 47.3 Å². The molecule has 0 saturated heterocycles. The van der Waals surface area contributed by atoms with E-state index in [1.54, 1.807) is 11.3 Å². The normalized spacial score (nSPS) is 11.8. The maximum atomic E-state index is 5.30. The van der Waals surface area contributed by atoms with Gasteiger partial charge >= 0.3 is 0 Å². The van der Waals surface area contributed by atoms with Crippen molar-refractivity contribution in [1.82, 2.24) is 19.5 Å². The van der Waals surface area contributed by atoms with Crippen LogP contribution in [0.15, 0.2) is 158 Å². The zero-order chi connectivity index (χ0) is 31.6. The minimum Gasteiger partial charge on any atom is -0.278 e. The topological polar surface area (TPSA) is 43.6 Å². The van der Waals surface area contributed by atoms with E-state index in [4.69, 9.17) is 15.0 Å². The van der Waals surface area contributed by atoms with Gasteiger partial charge in [0.2, 0.25) is 5.95 Å². The smallest absolute Gasteiger partial charge is 0.238 e. The van der Waals surface area contributed by atoms with E-state index in [9.17, 15) is 0 Å². The highest BCUT2D eigenvalue weighted by molar-refractivity contribution is 7.25. The zero-order valence-corrected chi connectivity index (χ0v) is 26.5. The largest absolute Gasteiger partial charge is 0.278 e. The molecule has 0 aliphatic rings.